The number of nitrogens with one attached hydrogen (secondary N) is 3. The largest absolute Gasteiger partial charge is 0.366 e. The maximum Gasteiger partial charge on any atom is 0.257 e. The highest BCUT2D eigenvalue weighted by atomic mass is 16.1. The Hall–Kier alpha value is -3.71. The van der Waals surface area contributed by atoms with Crippen molar-refractivity contribution in [2.24, 2.45) is 0 Å². The van der Waals surface area contributed by atoms with Gasteiger partial charge in [0.25, 0.3) is 5.91 Å². The number of nitrogens with zero attached hydrogens (tertiary/aromatic N) is 3. The van der Waals surface area contributed by atoms with Gasteiger partial charge in [0, 0.05) is 67.1 Å². The van der Waals surface area contributed by atoms with Gasteiger partial charge >= 0.3 is 0 Å². The van der Waals surface area contributed by atoms with Crippen LogP contribution in [0.4, 0.5) is 11.4 Å². The summed E-state index contributed by atoms with van der Waals surface area (Å²) in [6, 6.07) is 14.6. The summed E-state index contributed by atoms with van der Waals surface area (Å²) in [5, 5.41) is 7.25. The van der Waals surface area contributed by atoms with Crippen LogP contribution in [0.5, 0.6) is 0 Å². The van der Waals surface area contributed by atoms with E-state index in [-0.39, 0.29) is 5.91 Å². The van der Waals surface area contributed by atoms with Gasteiger partial charge < -0.3 is 20.5 Å². The van der Waals surface area contributed by atoms with E-state index in [0.717, 1.165) is 41.8 Å². The summed E-state index contributed by atoms with van der Waals surface area (Å²) >= 11 is 0. The van der Waals surface area contributed by atoms with Gasteiger partial charge in [0.1, 0.15) is 5.65 Å². The van der Waals surface area contributed by atoms with Crippen molar-refractivity contribution in [3.05, 3.63) is 72.8 Å². The number of amides is 1. The van der Waals surface area contributed by atoms with Crippen LogP contribution in [-0.4, -0.2) is 46.5 Å². The predicted octanol–water partition coefficient (Wildman–Crippen LogP) is 3.68. The summed E-state index contributed by atoms with van der Waals surface area (Å²) < 4.78 is 0. The van der Waals surface area contributed by atoms with Crippen molar-refractivity contribution in [1.82, 2.24) is 20.3 Å². The smallest absolute Gasteiger partial charge is 0.257 e. The topological polar surface area (TPSA) is 85.9 Å². The van der Waals surface area contributed by atoms with Crippen LogP contribution in [0.25, 0.3) is 22.2 Å². The molecule has 4 aromatic rings. The monoisotopic (exact) mass is 412 g/mol. The molecule has 1 amide bonds. The van der Waals surface area contributed by atoms with Crippen molar-refractivity contribution < 1.29 is 4.79 Å². The minimum absolute atomic E-state index is 0.200. The lowest BCUT2D eigenvalue weighted by molar-refractivity contribution is 0.102. The Kier molecular flexibility index (Phi) is 5.09. The van der Waals surface area contributed by atoms with Crippen molar-refractivity contribution in [3.8, 4) is 11.1 Å². The molecule has 3 N–H and O–H groups in total. The number of hydrogen-bond acceptors (Lipinski definition) is 5. The van der Waals surface area contributed by atoms with Crippen molar-refractivity contribution in [2.75, 3.05) is 29.9 Å². The van der Waals surface area contributed by atoms with E-state index in [1.165, 1.54) is 5.69 Å². The van der Waals surface area contributed by atoms with E-state index >= 15 is 0 Å². The van der Waals surface area contributed by atoms with Gasteiger partial charge in [-0.05, 0) is 42.8 Å². The molecule has 0 aliphatic carbocycles. The van der Waals surface area contributed by atoms with E-state index < -0.39 is 0 Å². The van der Waals surface area contributed by atoms with Gasteiger partial charge in [0.05, 0.1) is 11.3 Å². The summed E-state index contributed by atoms with van der Waals surface area (Å²) in [5.41, 5.74) is 5.27. The summed E-state index contributed by atoms with van der Waals surface area (Å²) in [6.45, 7) is 5.26. The number of fused-ring (bicyclic) bond motifs is 1. The fourth-order valence-electron chi connectivity index (χ4n) is 4.03. The Balaban J connectivity index is 1.40. The highest BCUT2D eigenvalue weighted by Gasteiger charge is 2.18. The second kappa shape index (κ2) is 8.20. The molecule has 1 saturated heterocycles. The normalized spacial score (nSPS) is 16.4. The lowest BCUT2D eigenvalue weighted by Crippen LogP contribution is -2.49. The molecule has 7 heteroatoms. The number of hydrogen-bond donors (Lipinski definition) is 3. The van der Waals surface area contributed by atoms with E-state index in [4.69, 9.17) is 0 Å². The fourth-order valence-corrected chi connectivity index (χ4v) is 4.03. The Morgan fingerprint density at radius 1 is 1.16 bits per heavy atom. The lowest BCUT2D eigenvalue weighted by Gasteiger charge is -2.36. The zero-order valence-electron chi connectivity index (χ0n) is 17.3. The molecule has 156 valence electrons. The number of pyridine rings is 2. The maximum absolute atomic E-state index is 12.5. The summed E-state index contributed by atoms with van der Waals surface area (Å²) in [7, 11) is 0. The second-order valence-corrected chi connectivity index (χ2v) is 7.81. The number of carbonyl (C=O) groups excluding carboxylic acids is 1. The molecule has 0 spiro atoms. The fraction of sp³-hybridized carbons (Fsp3) is 0.208. The van der Waals surface area contributed by atoms with Crippen molar-refractivity contribution >= 4 is 28.3 Å². The third kappa shape index (κ3) is 3.87. The van der Waals surface area contributed by atoms with E-state index in [1.54, 1.807) is 30.7 Å². The molecule has 1 aromatic carbocycles. The molecule has 3 aromatic heterocycles. The molecule has 1 atom stereocenters. The van der Waals surface area contributed by atoms with Gasteiger partial charge in [0.2, 0.25) is 0 Å². The number of carbonyl (C=O) groups is 1. The summed E-state index contributed by atoms with van der Waals surface area (Å²) in [4.78, 5) is 26.6. The van der Waals surface area contributed by atoms with Crippen molar-refractivity contribution in [3.63, 3.8) is 0 Å². The average Bonchev–Trinajstić information content (AvgIpc) is 3.22. The molecular weight excluding hydrogens is 388 g/mol. The molecule has 31 heavy (non-hydrogen) atoms. The zero-order chi connectivity index (χ0) is 21.2. The highest BCUT2D eigenvalue weighted by molar-refractivity contribution is 6.08. The number of aromatic amines is 1. The maximum atomic E-state index is 12.5. The van der Waals surface area contributed by atoms with Crippen LogP contribution in [0.15, 0.2) is 67.3 Å². The minimum atomic E-state index is -0.200. The van der Waals surface area contributed by atoms with Gasteiger partial charge in [-0.3, -0.25) is 9.78 Å². The summed E-state index contributed by atoms with van der Waals surface area (Å²) in [6.07, 6.45) is 6.82. The summed E-state index contributed by atoms with van der Waals surface area (Å²) in [5.74, 6) is -0.200. The Bertz CT molecular complexity index is 1200. The van der Waals surface area contributed by atoms with Crippen LogP contribution in [0, 0.1) is 0 Å². The SMILES string of the molecule is CC1CNCCN1c1ccc(-c2cnc3[nH]cc(NC(=O)c4cccnc4)c3c2)cc1. The molecule has 0 radical (unpaired) electrons. The predicted molar refractivity (Wildman–Crippen MR) is 123 cm³/mol. The van der Waals surface area contributed by atoms with Crippen molar-refractivity contribution in [2.45, 2.75) is 13.0 Å². The molecule has 1 unspecified atom stereocenters. The molecule has 1 aliphatic rings. The number of piperazine rings is 1. The van der Waals surface area contributed by atoms with Crippen LogP contribution >= 0.6 is 0 Å². The van der Waals surface area contributed by atoms with Gasteiger partial charge in [-0.15, -0.1) is 0 Å². The van der Waals surface area contributed by atoms with Gasteiger partial charge in [0.15, 0.2) is 0 Å². The minimum Gasteiger partial charge on any atom is -0.366 e. The van der Waals surface area contributed by atoms with Crippen LogP contribution in [-0.2, 0) is 0 Å². The molecule has 1 fully saturated rings. The number of anilines is 2. The third-order valence-electron chi connectivity index (χ3n) is 5.74. The van der Waals surface area contributed by atoms with Gasteiger partial charge in [-0.25, -0.2) is 4.98 Å². The second-order valence-electron chi connectivity index (χ2n) is 7.81. The lowest BCUT2D eigenvalue weighted by atomic mass is 10.0. The zero-order valence-corrected chi connectivity index (χ0v) is 17.3. The molecular formula is C24H24N6O. The number of rotatable bonds is 4. The van der Waals surface area contributed by atoms with E-state index in [0.29, 0.717) is 17.3 Å². The third-order valence-corrected chi connectivity index (χ3v) is 5.74. The Morgan fingerprint density at radius 3 is 2.81 bits per heavy atom. The quantitative estimate of drug-likeness (QED) is 0.476. The first kappa shape index (κ1) is 19.3. The first-order chi connectivity index (χ1) is 15.2. The molecule has 0 bridgehead atoms. The van der Waals surface area contributed by atoms with E-state index in [2.05, 4.69) is 67.7 Å². The van der Waals surface area contributed by atoms with Gasteiger partial charge in [-0.1, -0.05) is 12.1 Å². The molecule has 1 aliphatic heterocycles. The van der Waals surface area contributed by atoms with Crippen molar-refractivity contribution in [1.29, 1.82) is 0 Å². The van der Waals surface area contributed by atoms with E-state index in [9.17, 15) is 4.79 Å². The molecule has 7 nitrogen and oxygen atoms in total. The Morgan fingerprint density at radius 2 is 2.03 bits per heavy atom. The number of H-pyrrole nitrogens is 1. The molecule has 0 saturated carbocycles. The van der Waals surface area contributed by atoms with E-state index in [1.807, 2.05) is 6.20 Å². The molecule has 4 heterocycles. The first-order valence-electron chi connectivity index (χ1n) is 10.5. The van der Waals surface area contributed by atoms with Crippen LogP contribution in [0.3, 0.4) is 0 Å². The molecule has 5 rings (SSSR count). The van der Waals surface area contributed by atoms with Gasteiger partial charge in [-0.2, -0.15) is 0 Å². The van der Waals surface area contributed by atoms with Crippen LogP contribution < -0.4 is 15.5 Å². The first-order valence-corrected chi connectivity index (χ1v) is 10.5. The standard InChI is InChI=1S/C24H24N6O/c1-16-12-26-9-10-30(16)20-6-4-17(5-7-20)19-11-21-22(15-28-23(21)27-14-19)29-24(31)18-3-2-8-25-13-18/h2-8,11,13-16,26H,9-10,12H2,1H3,(H,27,28)(H,29,31). The number of aromatic nitrogens is 3. The van der Waals surface area contributed by atoms with Crippen LogP contribution in [0.1, 0.15) is 17.3 Å². The number of benzene rings is 1. The Labute approximate surface area is 180 Å². The highest BCUT2D eigenvalue weighted by Crippen LogP contribution is 2.29. The average molecular weight is 412 g/mol. The van der Waals surface area contributed by atoms with Crippen LogP contribution in [0.2, 0.25) is 0 Å².